The average molecular weight is 458 g/mol. The molecule has 0 bridgehead atoms. The molecule has 0 spiro atoms. The van der Waals surface area contributed by atoms with E-state index in [2.05, 4.69) is 37.2 Å². The van der Waals surface area contributed by atoms with Crippen LogP contribution in [0.1, 0.15) is 10.4 Å². The van der Waals surface area contributed by atoms with E-state index in [1.54, 1.807) is 11.3 Å². The molecule has 2 heterocycles. The summed E-state index contributed by atoms with van der Waals surface area (Å²) < 4.78 is 1.95. The SMILES string of the molecule is Cc1ccccc1N1C(=O)/C(=C\c2cc(Br)c(Br)s2)NC1=S. The number of benzene rings is 1. The standard InChI is InChI=1S/C15H10Br2N2OS2/c1-8-4-2-3-5-12(8)19-14(20)11(18-15(19)21)7-9-6-10(16)13(17)22-9/h2-7H,1H3,(H,18,21)/b11-7+. The Hall–Kier alpha value is -1.02. The zero-order chi connectivity index (χ0) is 15.9. The lowest BCUT2D eigenvalue weighted by Crippen LogP contribution is -2.30. The lowest BCUT2D eigenvalue weighted by Gasteiger charge is -2.16. The molecule has 0 atom stereocenters. The Morgan fingerprint density at radius 3 is 2.68 bits per heavy atom. The van der Waals surface area contributed by atoms with Crippen LogP contribution in [0.4, 0.5) is 5.69 Å². The predicted molar refractivity (Wildman–Crippen MR) is 102 cm³/mol. The summed E-state index contributed by atoms with van der Waals surface area (Å²) in [5.74, 6) is -0.139. The summed E-state index contributed by atoms with van der Waals surface area (Å²) >= 11 is 13.8. The van der Waals surface area contributed by atoms with Crippen LogP contribution in [0.2, 0.25) is 0 Å². The minimum atomic E-state index is -0.139. The molecule has 1 saturated heterocycles. The first-order valence-electron chi connectivity index (χ1n) is 6.35. The van der Waals surface area contributed by atoms with Gasteiger partial charge in [0.1, 0.15) is 5.70 Å². The number of para-hydroxylation sites is 1. The molecule has 0 unspecified atom stereocenters. The molecule has 1 aromatic heterocycles. The van der Waals surface area contributed by atoms with E-state index in [9.17, 15) is 4.79 Å². The van der Waals surface area contributed by atoms with Crippen molar-refractivity contribution in [2.24, 2.45) is 0 Å². The van der Waals surface area contributed by atoms with Gasteiger partial charge in [-0.1, -0.05) is 18.2 Å². The van der Waals surface area contributed by atoms with Crippen molar-refractivity contribution in [1.29, 1.82) is 0 Å². The Balaban J connectivity index is 1.96. The van der Waals surface area contributed by atoms with Crippen molar-refractivity contribution in [1.82, 2.24) is 5.32 Å². The second-order valence-electron chi connectivity index (χ2n) is 4.69. The number of rotatable bonds is 2. The van der Waals surface area contributed by atoms with E-state index in [0.717, 1.165) is 24.4 Å². The summed E-state index contributed by atoms with van der Waals surface area (Å²) in [7, 11) is 0. The minimum absolute atomic E-state index is 0.139. The average Bonchev–Trinajstić information content (AvgIpc) is 2.92. The highest BCUT2D eigenvalue weighted by molar-refractivity contribution is 9.13. The maximum atomic E-state index is 12.7. The Morgan fingerprint density at radius 1 is 1.32 bits per heavy atom. The third kappa shape index (κ3) is 2.90. The van der Waals surface area contributed by atoms with E-state index in [-0.39, 0.29) is 5.91 Å². The number of amides is 1. The van der Waals surface area contributed by atoms with Crippen molar-refractivity contribution in [2.75, 3.05) is 4.90 Å². The Morgan fingerprint density at radius 2 is 2.05 bits per heavy atom. The number of hydrogen-bond acceptors (Lipinski definition) is 3. The predicted octanol–water partition coefficient (Wildman–Crippen LogP) is 4.84. The number of thiocarbonyl (C=S) groups is 1. The van der Waals surface area contributed by atoms with Crippen molar-refractivity contribution in [2.45, 2.75) is 6.92 Å². The summed E-state index contributed by atoms with van der Waals surface area (Å²) in [5.41, 5.74) is 2.29. The Labute approximate surface area is 154 Å². The lowest BCUT2D eigenvalue weighted by molar-refractivity contribution is -0.113. The topological polar surface area (TPSA) is 32.3 Å². The summed E-state index contributed by atoms with van der Waals surface area (Å²) in [4.78, 5) is 15.2. The van der Waals surface area contributed by atoms with E-state index in [1.165, 1.54) is 4.90 Å². The fourth-order valence-corrected chi connectivity index (χ4v) is 4.47. The maximum Gasteiger partial charge on any atom is 0.281 e. The molecule has 7 heteroatoms. The molecule has 3 rings (SSSR count). The molecule has 112 valence electrons. The Kier molecular flexibility index (Phi) is 4.49. The van der Waals surface area contributed by atoms with E-state index in [0.29, 0.717) is 10.8 Å². The van der Waals surface area contributed by atoms with Gasteiger partial charge < -0.3 is 5.32 Å². The number of nitrogens with one attached hydrogen (secondary N) is 1. The van der Waals surface area contributed by atoms with Gasteiger partial charge in [-0.05, 0) is 74.8 Å². The van der Waals surface area contributed by atoms with Gasteiger partial charge >= 0.3 is 0 Å². The fourth-order valence-electron chi connectivity index (χ4n) is 2.14. The number of halogens is 2. The second-order valence-corrected chi connectivity index (χ2v) is 8.33. The summed E-state index contributed by atoms with van der Waals surface area (Å²) in [5, 5.41) is 3.40. The molecule has 0 radical (unpaired) electrons. The van der Waals surface area contributed by atoms with Crippen molar-refractivity contribution in [3.63, 3.8) is 0 Å². The van der Waals surface area contributed by atoms with Crippen LogP contribution in [0.5, 0.6) is 0 Å². The molecule has 22 heavy (non-hydrogen) atoms. The number of hydrogen-bond donors (Lipinski definition) is 1. The first-order valence-corrected chi connectivity index (χ1v) is 9.16. The van der Waals surface area contributed by atoms with E-state index in [1.807, 2.05) is 43.3 Å². The number of thiophene rings is 1. The molecule has 2 aromatic rings. The van der Waals surface area contributed by atoms with Crippen LogP contribution < -0.4 is 10.2 Å². The molecule has 3 nitrogen and oxygen atoms in total. The zero-order valence-corrected chi connectivity index (χ0v) is 16.2. The monoisotopic (exact) mass is 456 g/mol. The highest BCUT2D eigenvalue weighted by Crippen LogP contribution is 2.34. The lowest BCUT2D eigenvalue weighted by atomic mass is 10.2. The molecule has 1 amide bonds. The Bertz CT molecular complexity index is 794. The first kappa shape index (κ1) is 15.9. The second kappa shape index (κ2) is 6.23. The zero-order valence-electron chi connectivity index (χ0n) is 11.4. The van der Waals surface area contributed by atoms with Gasteiger partial charge in [-0.25, -0.2) is 0 Å². The number of nitrogens with zero attached hydrogens (tertiary/aromatic N) is 1. The molecule has 1 aromatic carbocycles. The van der Waals surface area contributed by atoms with E-state index < -0.39 is 0 Å². The van der Waals surface area contributed by atoms with Gasteiger partial charge in [-0.15, -0.1) is 11.3 Å². The number of carbonyl (C=O) groups excluding carboxylic acids is 1. The van der Waals surface area contributed by atoms with Gasteiger partial charge in [0, 0.05) is 9.35 Å². The maximum absolute atomic E-state index is 12.7. The van der Waals surface area contributed by atoms with Crippen LogP contribution in [-0.2, 0) is 4.79 Å². The summed E-state index contributed by atoms with van der Waals surface area (Å²) in [6, 6.07) is 9.64. The van der Waals surface area contributed by atoms with Gasteiger partial charge in [0.05, 0.1) is 9.47 Å². The van der Waals surface area contributed by atoms with Crippen LogP contribution in [0.3, 0.4) is 0 Å². The van der Waals surface area contributed by atoms with Crippen molar-refractivity contribution in [3.05, 3.63) is 54.7 Å². The van der Waals surface area contributed by atoms with Crippen molar-refractivity contribution in [3.8, 4) is 0 Å². The van der Waals surface area contributed by atoms with Crippen LogP contribution in [0.15, 0.2) is 44.3 Å². The molecule has 0 aliphatic carbocycles. The van der Waals surface area contributed by atoms with Crippen LogP contribution in [0.25, 0.3) is 6.08 Å². The van der Waals surface area contributed by atoms with Gasteiger partial charge in [0.15, 0.2) is 5.11 Å². The normalized spacial score (nSPS) is 16.5. The smallest absolute Gasteiger partial charge is 0.281 e. The summed E-state index contributed by atoms with van der Waals surface area (Å²) in [6.07, 6.45) is 1.81. The van der Waals surface area contributed by atoms with E-state index >= 15 is 0 Å². The molecular weight excluding hydrogens is 448 g/mol. The molecule has 1 aliphatic heterocycles. The van der Waals surface area contributed by atoms with Crippen LogP contribution in [0, 0.1) is 6.92 Å². The molecule has 0 saturated carbocycles. The number of aryl methyl sites for hydroxylation is 1. The van der Waals surface area contributed by atoms with Gasteiger partial charge in [-0.2, -0.15) is 0 Å². The molecule has 1 aliphatic rings. The van der Waals surface area contributed by atoms with Crippen molar-refractivity contribution < 1.29 is 4.79 Å². The third-order valence-electron chi connectivity index (χ3n) is 3.19. The largest absolute Gasteiger partial charge is 0.327 e. The molecule has 1 fully saturated rings. The van der Waals surface area contributed by atoms with Gasteiger partial charge in [0.2, 0.25) is 0 Å². The molecular formula is C15H10Br2N2OS2. The quantitative estimate of drug-likeness (QED) is 0.517. The number of anilines is 1. The molecule has 1 N–H and O–H groups in total. The highest BCUT2D eigenvalue weighted by Gasteiger charge is 2.32. The van der Waals surface area contributed by atoms with Crippen LogP contribution >= 0.6 is 55.4 Å². The number of carbonyl (C=O) groups is 1. The van der Waals surface area contributed by atoms with Crippen LogP contribution in [-0.4, -0.2) is 11.0 Å². The third-order valence-corrected chi connectivity index (χ3v) is 6.67. The first-order chi connectivity index (χ1) is 10.5. The van der Waals surface area contributed by atoms with Gasteiger partial charge in [-0.3, -0.25) is 9.69 Å². The highest BCUT2D eigenvalue weighted by atomic mass is 79.9. The van der Waals surface area contributed by atoms with Gasteiger partial charge in [0.25, 0.3) is 5.91 Å². The minimum Gasteiger partial charge on any atom is -0.327 e. The van der Waals surface area contributed by atoms with Crippen molar-refractivity contribution >= 4 is 78.2 Å². The summed E-state index contributed by atoms with van der Waals surface area (Å²) in [6.45, 7) is 1.96. The fraction of sp³-hybridized carbons (Fsp3) is 0.0667. The van der Waals surface area contributed by atoms with E-state index in [4.69, 9.17) is 12.2 Å².